The van der Waals surface area contributed by atoms with Crippen molar-refractivity contribution in [2.75, 3.05) is 0 Å². The number of H-pyrrole nitrogens is 1. The minimum atomic E-state index is -0.887. The maximum atomic E-state index is 11.9. The number of hydrogen-bond acceptors (Lipinski definition) is 4. The van der Waals surface area contributed by atoms with E-state index in [1.54, 1.807) is 0 Å². The van der Waals surface area contributed by atoms with Crippen molar-refractivity contribution in [2.24, 2.45) is 0 Å². The van der Waals surface area contributed by atoms with Crippen molar-refractivity contribution in [2.45, 2.75) is 50.6 Å². The normalized spacial score (nSPS) is 17.4. The van der Waals surface area contributed by atoms with E-state index >= 15 is 0 Å². The molecule has 1 fully saturated rings. The molecule has 1 saturated carbocycles. The summed E-state index contributed by atoms with van der Waals surface area (Å²) in [6.07, 6.45) is 5.70. The molecule has 0 aliphatic heterocycles. The minimum absolute atomic E-state index is 0.0390. The van der Waals surface area contributed by atoms with Crippen LogP contribution in [0, 0.1) is 0 Å². The van der Waals surface area contributed by atoms with Crippen LogP contribution >= 0.6 is 0 Å². The van der Waals surface area contributed by atoms with Crippen LogP contribution in [0.5, 0.6) is 0 Å². The van der Waals surface area contributed by atoms with Crippen molar-refractivity contribution in [3.8, 4) is 0 Å². The molecule has 1 aliphatic carbocycles. The number of aliphatic carboxylic acids is 1. The Balaban J connectivity index is 1.89. The molecular weight excluding hydrogens is 262 g/mol. The van der Waals surface area contributed by atoms with Crippen LogP contribution in [0.2, 0.25) is 0 Å². The minimum Gasteiger partial charge on any atom is -0.481 e. The highest BCUT2D eigenvalue weighted by molar-refractivity contribution is 5.76. The number of aromatic amines is 1. The number of urea groups is 1. The first-order chi connectivity index (χ1) is 9.60. The summed E-state index contributed by atoms with van der Waals surface area (Å²) in [6, 6.07) is -0.371. The van der Waals surface area contributed by atoms with Crippen LogP contribution in [0.4, 0.5) is 4.79 Å². The van der Waals surface area contributed by atoms with Gasteiger partial charge in [0, 0.05) is 0 Å². The van der Waals surface area contributed by atoms with E-state index in [0.717, 1.165) is 19.3 Å². The predicted molar refractivity (Wildman–Crippen MR) is 69.8 cm³/mol. The molecule has 110 valence electrons. The van der Waals surface area contributed by atoms with Crippen molar-refractivity contribution < 1.29 is 14.7 Å². The lowest BCUT2D eigenvalue weighted by Gasteiger charge is -2.36. The molecule has 2 amide bonds. The third-order valence-corrected chi connectivity index (χ3v) is 3.56. The van der Waals surface area contributed by atoms with Crippen molar-refractivity contribution in [3.05, 3.63) is 12.2 Å². The molecule has 2 rings (SSSR count). The molecule has 0 radical (unpaired) electrons. The highest BCUT2D eigenvalue weighted by Gasteiger charge is 2.35. The standard InChI is InChI=1S/C12H19N5O3/c18-10(19)6-12(4-2-1-3-5-12)16-11(20)13-7-9-14-8-15-17-9/h8H,1-7H2,(H,18,19)(H2,13,16,20)(H,14,15,17). The van der Waals surface area contributed by atoms with E-state index in [2.05, 4.69) is 25.8 Å². The zero-order valence-corrected chi connectivity index (χ0v) is 11.2. The summed E-state index contributed by atoms with van der Waals surface area (Å²) in [7, 11) is 0. The van der Waals surface area contributed by atoms with Gasteiger partial charge in [-0.15, -0.1) is 0 Å². The second-order valence-electron chi connectivity index (χ2n) is 5.15. The van der Waals surface area contributed by atoms with E-state index in [4.69, 9.17) is 5.11 Å². The summed E-state index contributed by atoms with van der Waals surface area (Å²) >= 11 is 0. The first-order valence-electron chi connectivity index (χ1n) is 6.72. The fourth-order valence-corrected chi connectivity index (χ4v) is 2.63. The summed E-state index contributed by atoms with van der Waals surface area (Å²) in [6.45, 7) is 0.231. The number of hydrogen-bond donors (Lipinski definition) is 4. The van der Waals surface area contributed by atoms with Crippen LogP contribution in [0.1, 0.15) is 44.3 Å². The van der Waals surface area contributed by atoms with Gasteiger partial charge in [0.05, 0.1) is 18.5 Å². The van der Waals surface area contributed by atoms with Gasteiger partial charge in [-0.25, -0.2) is 9.78 Å². The average Bonchev–Trinajstić information content (AvgIpc) is 2.89. The van der Waals surface area contributed by atoms with Gasteiger partial charge in [-0.05, 0) is 12.8 Å². The van der Waals surface area contributed by atoms with E-state index in [-0.39, 0.29) is 19.0 Å². The molecule has 0 aromatic carbocycles. The van der Waals surface area contributed by atoms with E-state index in [0.29, 0.717) is 18.7 Å². The number of aromatic nitrogens is 3. The second kappa shape index (κ2) is 6.36. The van der Waals surface area contributed by atoms with Crippen LogP contribution in [0.25, 0.3) is 0 Å². The Labute approximate surface area is 116 Å². The highest BCUT2D eigenvalue weighted by Crippen LogP contribution is 2.31. The predicted octanol–water partition coefficient (Wildman–Crippen LogP) is 0.781. The third kappa shape index (κ3) is 3.94. The number of nitrogens with one attached hydrogen (secondary N) is 3. The molecule has 1 heterocycles. The zero-order valence-electron chi connectivity index (χ0n) is 11.2. The van der Waals surface area contributed by atoms with Gasteiger partial charge in [0.1, 0.15) is 12.2 Å². The Kier molecular flexibility index (Phi) is 4.54. The van der Waals surface area contributed by atoms with Gasteiger partial charge in [0.2, 0.25) is 0 Å². The molecule has 1 aliphatic rings. The van der Waals surface area contributed by atoms with Crippen LogP contribution in [-0.4, -0.2) is 37.8 Å². The average molecular weight is 281 g/mol. The molecule has 20 heavy (non-hydrogen) atoms. The van der Waals surface area contributed by atoms with Crippen molar-refractivity contribution in [3.63, 3.8) is 0 Å². The number of rotatable bonds is 5. The number of amides is 2. The summed E-state index contributed by atoms with van der Waals surface area (Å²) < 4.78 is 0. The largest absolute Gasteiger partial charge is 0.481 e. The summed E-state index contributed by atoms with van der Waals surface area (Å²) in [5.74, 6) is -0.335. The third-order valence-electron chi connectivity index (χ3n) is 3.56. The van der Waals surface area contributed by atoms with Crippen molar-refractivity contribution >= 4 is 12.0 Å². The molecule has 8 heteroatoms. The molecule has 0 unspecified atom stereocenters. The lowest BCUT2D eigenvalue weighted by atomic mass is 9.79. The van der Waals surface area contributed by atoms with Gasteiger partial charge < -0.3 is 15.7 Å². The lowest BCUT2D eigenvalue weighted by Crippen LogP contribution is -2.54. The fourth-order valence-electron chi connectivity index (χ4n) is 2.63. The number of carboxylic acid groups (broad SMARTS) is 1. The smallest absolute Gasteiger partial charge is 0.315 e. The Bertz CT molecular complexity index is 454. The van der Waals surface area contributed by atoms with E-state index < -0.39 is 11.5 Å². The first-order valence-corrected chi connectivity index (χ1v) is 6.72. The molecule has 4 N–H and O–H groups in total. The molecule has 8 nitrogen and oxygen atoms in total. The van der Waals surface area contributed by atoms with E-state index in [9.17, 15) is 9.59 Å². The number of carbonyl (C=O) groups is 2. The van der Waals surface area contributed by atoms with Gasteiger partial charge in [-0.1, -0.05) is 19.3 Å². The SMILES string of the molecule is O=C(O)CC1(NC(=O)NCc2ncn[nH]2)CCCCC1. The van der Waals surface area contributed by atoms with Crippen LogP contribution < -0.4 is 10.6 Å². The van der Waals surface area contributed by atoms with Gasteiger partial charge in [0.15, 0.2) is 0 Å². The van der Waals surface area contributed by atoms with E-state index in [1.807, 2.05) is 0 Å². The molecule has 0 saturated heterocycles. The topological polar surface area (TPSA) is 120 Å². The maximum Gasteiger partial charge on any atom is 0.315 e. The quantitative estimate of drug-likeness (QED) is 0.635. The second-order valence-corrected chi connectivity index (χ2v) is 5.15. The first kappa shape index (κ1) is 14.3. The Morgan fingerprint density at radius 1 is 1.35 bits per heavy atom. The molecule has 0 bridgehead atoms. The van der Waals surface area contributed by atoms with Crippen LogP contribution in [0.15, 0.2) is 6.33 Å². The molecular formula is C12H19N5O3. The van der Waals surface area contributed by atoms with Gasteiger partial charge in [0.25, 0.3) is 0 Å². The maximum absolute atomic E-state index is 11.9. The van der Waals surface area contributed by atoms with E-state index in [1.165, 1.54) is 6.33 Å². The lowest BCUT2D eigenvalue weighted by molar-refractivity contribution is -0.139. The molecule has 1 aromatic rings. The Hall–Kier alpha value is -2.12. The van der Waals surface area contributed by atoms with Gasteiger partial charge >= 0.3 is 12.0 Å². The highest BCUT2D eigenvalue weighted by atomic mass is 16.4. The summed E-state index contributed by atoms with van der Waals surface area (Å²) in [5, 5.41) is 20.8. The van der Waals surface area contributed by atoms with Gasteiger partial charge in [-0.3, -0.25) is 9.89 Å². The number of carboxylic acids is 1. The summed E-state index contributed by atoms with van der Waals surface area (Å²) in [4.78, 5) is 26.8. The van der Waals surface area contributed by atoms with Crippen LogP contribution in [0.3, 0.4) is 0 Å². The fraction of sp³-hybridized carbons (Fsp3) is 0.667. The van der Waals surface area contributed by atoms with Crippen molar-refractivity contribution in [1.29, 1.82) is 0 Å². The molecule has 0 spiro atoms. The molecule has 1 aromatic heterocycles. The van der Waals surface area contributed by atoms with Crippen LogP contribution in [-0.2, 0) is 11.3 Å². The van der Waals surface area contributed by atoms with Crippen molar-refractivity contribution in [1.82, 2.24) is 25.8 Å². The summed E-state index contributed by atoms with van der Waals surface area (Å²) in [5.41, 5.74) is -0.629. The van der Waals surface area contributed by atoms with Gasteiger partial charge in [-0.2, -0.15) is 5.10 Å². The Morgan fingerprint density at radius 3 is 2.70 bits per heavy atom. The number of nitrogens with zero attached hydrogens (tertiary/aromatic N) is 2. The zero-order chi connectivity index (χ0) is 14.4. The number of carbonyl (C=O) groups excluding carboxylic acids is 1. The Morgan fingerprint density at radius 2 is 2.10 bits per heavy atom. The molecule has 0 atom stereocenters. The monoisotopic (exact) mass is 281 g/mol.